The monoisotopic (exact) mass is 294 g/mol. The zero-order chi connectivity index (χ0) is 15.8. The summed E-state index contributed by atoms with van der Waals surface area (Å²) >= 11 is 0. The summed E-state index contributed by atoms with van der Waals surface area (Å²) in [5.74, 6) is 0.309. The topological polar surface area (TPSA) is 72.8 Å². The van der Waals surface area contributed by atoms with Crippen LogP contribution in [0.1, 0.15) is 37.3 Å². The molecule has 1 rings (SSSR count). The van der Waals surface area contributed by atoms with Gasteiger partial charge in [-0.3, -0.25) is 0 Å². The van der Waals surface area contributed by atoms with Gasteiger partial charge in [0.1, 0.15) is 0 Å². The van der Waals surface area contributed by atoms with Crippen LogP contribution in [0.3, 0.4) is 0 Å². The van der Waals surface area contributed by atoms with Crippen molar-refractivity contribution in [2.75, 3.05) is 31.6 Å². The maximum atomic E-state index is 12.4. The molecule has 0 aliphatic rings. The number of aliphatic hydroxyl groups excluding tert-OH is 2. The Balaban J connectivity index is 2.90. The molecule has 0 spiro atoms. The third kappa shape index (κ3) is 5.02. The first-order valence-electron chi connectivity index (χ1n) is 7.38. The van der Waals surface area contributed by atoms with Gasteiger partial charge in [0, 0.05) is 25.4 Å². The van der Waals surface area contributed by atoms with Crippen molar-refractivity contribution in [2.24, 2.45) is 0 Å². The van der Waals surface area contributed by atoms with Crippen LogP contribution < -0.4 is 5.32 Å². The van der Waals surface area contributed by atoms with Gasteiger partial charge in [-0.2, -0.15) is 0 Å². The Hall–Kier alpha value is -1.59. The second-order valence-corrected chi connectivity index (χ2v) is 5.41. The molecule has 21 heavy (non-hydrogen) atoms. The van der Waals surface area contributed by atoms with E-state index in [1.165, 1.54) is 4.90 Å². The number of nitrogens with zero attached hydrogens (tertiary/aromatic N) is 1. The molecule has 0 saturated heterocycles. The Morgan fingerprint density at radius 2 is 1.95 bits per heavy atom. The molecular formula is C16H26N2O3. The summed E-state index contributed by atoms with van der Waals surface area (Å²) in [6.45, 7) is 6.75. The third-order valence-corrected chi connectivity index (χ3v) is 3.40. The number of carbonyl (C=O) groups is 1. The van der Waals surface area contributed by atoms with Crippen LogP contribution in [-0.2, 0) is 0 Å². The molecular weight excluding hydrogens is 268 g/mol. The van der Waals surface area contributed by atoms with Crippen LogP contribution in [0.4, 0.5) is 10.5 Å². The zero-order valence-corrected chi connectivity index (χ0v) is 13.1. The van der Waals surface area contributed by atoms with Gasteiger partial charge in [0.05, 0.1) is 6.61 Å². The molecule has 3 N–H and O–H groups in total. The Kier molecular flexibility index (Phi) is 7.19. The lowest BCUT2D eigenvalue weighted by Crippen LogP contribution is -2.38. The molecule has 118 valence electrons. The SMILES string of the molecule is Cc1cccc(C(C)C)c1NC(=O)N(CCO)CCCO. The van der Waals surface area contributed by atoms with E-state index in [1.54, 1.807) is 0 Å². The van der Waals surface area contributed by atoms with E-state index in [9.17, 15) is 4.79 Å². The van der Waals surface area contributed by atoms with Crippen LogP contribution in [0.5, 0.6) is 0 Å². The summed E-state index contributed by atoms with van der Waals surface area (Å²) in [4.78, 5) is 13.9. The van der Waals surface area contributed by atoms with Crippen LogP contribution >= 0.6 is 0 Å². The fourth-order valence-corrected chi connectivity index (χ4v) is 2.23. The van der Waals surface area contributed by atoms with Gasteiger partial charge in [-0.25, -0.2) is 4.79 Å². The fraction of sp³-hybridized carbons (Fsp3) is 0.562. The average molecular weight is 294 g/mol. The molecule has 2 amide bonds. The molecule has 5 heteroatoms. The van der Waals surface area contributed by atoms with E-state index in [0.29, 0.717) is 18.9 Å². The molecule has 0 saturated carbocycles. The Labute approximate surface area is 126 Å². The highest BCUT2D eigenvalue weighted by Gasteiger charge is 2.16. The molecule has 0 aromatic heterocycles. The zero-order valence-electron chi connectivity index (χ0n) is 13.1. The molecule has 1 aromatic rings. The van der Waals surface area contributed by atoms with Gasteiger partial charge in [0.15, 0.2) is 0 Å². The summed E-state index contributed by atoms with van der Waals surface area (Å²) in [5, 5.41) is 20.9. The maximum Gasteiger partial charge on any atom is 0.321 e. The number of rotatable bonds is 7. The molecule has 0 aliphatic carbocycles. The second kappa shape index (κ2) is 8.64. The van der Waals surface area contributed by atoms with Crippen molar-refractivity contribution in [1.82, 2.24) is 4.90 Å². The van der Waals surface area contributed by atoms with Crippen LogP contribution in [0.15, 0.2) is 18.2 Å². The number of urea groups is 1. The van der Waals surface area contributed by atoms with Crippen molar-refractivity contribution < 1.29 is 15.0 Å². The number of benzene rings is 1. The van der Waals surface area contributed by atoms with Crippen molar-refractivity contribution in [2.45, 2.75) is 33.1 Å². The quantitative estimate of drug-likeness (QED) is 0.722. The van der Waals surface area contributed by atoms with E-state index >= 15 is 0 Å². The van der Waals surface area contributed by atoms with E-state index in [-0.39, 0.29) is 25.8 Å². The minimum Gasteiger partial charge on any atom is -0.396 e. The maximum absolute atomic E-state index is 12.4. The second-order valence-electron chi connectivity index (χ2n) is 5.41. The van der Waals surface area contributed by atoms with Crippen molar-refractivity contribution in [1.29, 1.82) is 0 Å². The Morgan fingerprint density at radius 1 is 1.24 bits per heavy atom. The fourth-order valence-electron chi connectivity index (χ4n) is 2.23. The molecule has 0 atom stereocenters. The van der Waals surface area contributed by atoms with Crippen molar-refractivity contribution >= 4 is 11.7 Å². The minimum absolute atomic E-state index is 0.0246. The number of anilines is 1. The summed E-state index contributed by atoms with van der Waals surface area (Å²) < 4.78 is 0. The molecule has 0 heterocycles. The minimum atomic E-state index is -0.242. The summed E-state index contributed by atoms with van der Waals surface area (Å²) in [5.41, 5.74) is 2.94. The number of aliphatic hydroxyl groups is 2. The summed E-state index contributed by atoms with van der Waals surface area (Å²) in [6.07, 6.45) is 0.498. The predicted octanol–water partition coefficient (Wildman–Crippen LogP) is 2.33. The number of carbonyl (C=O) groups excluding carboxylic acids is 1. The van der Waals surface area contributed by atoms with E-state index < -0.39 is 0 Å². The van der Waals surface area contributed by atoms with Gasteiger partial charge < -0.3 is 20.4 Å². The highest BCUT2D eigenvalue weighted by Crippen LogP contribution is 2.27. The molecule has 0 aliphatic heterocycles. The van der Waals surface area contributed by atoms with Gasteiger partial charge in [0.25, 0.3) is 0 Å². The first kappa shape index (κ1) is 17.5. The van der Waals surface area contributed by atoms with Crippen LogP contribution in [-0.4, -0.2) is 47.4 Å². The van der Waals surface area contributed by atoms with Gasteiger partial charge in [-0.1, -0.05) is 32.0 Å². The van der Waals surface area contributed by atoms with Crippen LogP contribution in [0.2, 0.25) is 0 Å². The number of para-hydroxylation sites is 1. The standard InChI is InChI=1S/C16H26N2O3/c1-12(2)14-7-4-6-13(3)15(14)17-16(21)18(9-11-20)8-5-10-19/h4,6-7,12,19-20H,5,8-11H2,1-3H3,(H,17,21). The molecule has 0 bridgehead atoms. The first-order chi connectivity index (χ1) is 10.0. The average Bonchev–Trinajstić information content (AvgIpc) is 2.45. The molecule has 0 unspecified atom stereocenters. The number of nitrogens with one attached hydrogen (secondary N) is 1. The lowest BCUT2D eigenvalue weighted by Gasteiger charge is -2.24. The smallest absolute Gasteiger partial charge is 0.321 e. The Morgan fingerprint density at radius 3 is 2.52 bits per heavy atom. The van der Waals surface area contributed by atoms with E-state index in [4.69, 9.17) is 10.2 Å². The van der Waals surface area contributed by atoms with Gasteiger partial charge in [0.2, 0.25) is 0 Å². The molecule has 5 nitrogen and oxygen atoms in total. The summed E-state index contributed by atoms with van der Waals surface area (Å²) in [7, 11) is 0. The lowest BCUT2D eigenvalue weighted by molar-refractivity contribution is 0.180. The normalized spacial score (nSPS) is 10.8. The highest BCUT2D eigenvalue weighted by molar-refractivity contribution is 5.91. The predicted molar refractivity (Wildman–Crippen MR) is 84.6 cm³/mol. The van der Waals surface area contributed by atoms with E-state index in [2.05, 4.69) is 19.2 Å². The summed E-state index contributed by atoms with van der Waals surface area (Å²) in [6, 6.07) is 5.72. The number of amides is 2. The van der Waals surface area contributed by atoms with E-state index in [1.807, 2.05) is 25.1 Å². The van der Waals surface area contributed by atoms with Crippen molar-refractivity contribution in [3.05, 3.63) is 29.3 Å². The van der Waals surface area contributed by atoms with E-state index in [0.717, 1.165) is 16.8 Å². The number of aryl methyl sites for hydroxylation is 1. The highest BCUT2D eigenvalue weighted by atomic mass is 16.3. The van der Waals surface area contributed by atoms with Crippen molar-refractivity contribution in [3.63, 3.8) is 0 Å². The lowest BCUT2D eigenvalue weighted by atomic mass is 9.98. The molecule has 1 aromatic carbocycles. The van der Waals surface area contributed by atoms with Gasteiger partial charge >= 0.3 is 6.03 Å². The molecule has 0 radical (unpaired) electrons. The molecule has 0 fully saturated rings. The Bertz CT molecular complexity index is 461. The van der Waals surface area contributed by atoms with Gasteiger partial charge in [-0.05, 0) is 30.4 Å². The first-order valence-corrected chi connectivity index (χ1v) is 7.38. The van der Waals surface area contributed by atoms with Crippen LogP contribution in [0.25, 0.3) is 0 Å². The third-order valence-electron chi connectivity index (χ3n) is 3.40. The van der Waals surface area contributed by atoms with Gasteiger partial charge in [-0.15, -0.1) is 0 Å². The van der Waals surface area contributed by atoms with Crippen molar-refractivity contribution in [3.8, 4) is 0 Å². The van der Waals surface area contributed by atoms with Crippen LogP contribution in [0, 0.1) is 6.92 Å². The largest absolute Gasteiger partial charge is 0.396 e. The number of hydrogen-bond donors (Lipinski definition) is 3. The number of hydrogen-bond acceptors (Lipinski definition) is 3.